The Morgan fingerprint density at radius 2 is 2.33 bits per heavy atom. The number of nitrogens with one attached hydrogen (secondary N) is 1. The highest BCUT2D eigenvalue weighted by molar-refractivity contribution is 5.72. The molecule has 0 spiro atoms. The second kappa shape index (κ2) is 4.97. The molecular weight excluding hydrogens is 234 g/mol. The number of fused-ring (bicyclic) bond motifs is 1. The summed E-state index contributed by atoms with van der Waals surface area (Å²) >= 11 is 0. The van der Waals surface area contributed by atoms with Crippen LogP contribution in [0, 0.1) is 0 Å². The first-order chi connectivity index (χ1) is 8.58. The molecule has 2 rings (SSSR count). The van der Waals surface area contributed by atoms with E-state index in [0.717, 1.165) is 0 Å². The third-order valence-electron chi connectivity index (χ3n) is 2.58. The van der Waals surface area contributed by atoms with Crippen molar-refractivity contribution in [2.45, 2.75) is 19.5 Å². The predicted molar refractivity (Wildman–Crippen MR) is 65.4 cm³/mol. The number of aliphatic carboxylic acids is 1. The van der Waals surface area contributed by atoms with Crippen molar-refractivity contribution in [3.63, 3.8) is 0 Å². The smallest absolute Gasteiger partial charge is 0.320 e. The van der Waals surface area contributed by atoms with E-state index in [4.69, 9.17) is 5.11 Å². The topological polar surface area (TPSA) is 83.7 Å². The molecule has 6 heteroatoms. The van der Waals surface area contributed by atoms with Crippen molar-refractivity contribution >= 4 is 11.6 Å². The molecule has 2 aromatic heterocycles. The van der Waals surface area contributed by atoms with E-state index in [2.05, 4.69) is 10.3 Å². The van der Waals surface area contributed by atoms with Crippen LogP contribution in [0.25, 0.3) is 5.65 Å². The van der Waals surface area contributed by atoms with Crippen LogP contribution in [0.15, 0.2) is 35.3 Å². The van der Waals surface area contributed by atoms with Crippen molar-refractivity contribution in [3.05, 3.63) is 46.5 Å². The minimum Gasteiger partial charge on any atom is -0.480 e. The van der Waals surface area contributed by atoms with Crippen LogP contribution in [0.1, 0.15) is 12.6 Å². The summed E-state index contributed by atoms with van der Waals surface area (Å²) in [4.78, 5) is 26.7. The molecule has 0 amide bonds. The Balaban J connectivity index is 2.25. The normalized spacial score (nSPS) is 12.5. The predicted octanol–water partition coefficient (Wildman–Crippen LogP) is 0.257. The molecule has 18 heavy (non-hydrogen) atoms. The van der Waals surface area contributed by atoms with Gasteiger partial charge >= 0.3 is 5.97 Å². The minimum absolute atomic E-state index is 0.180. The van der Waals surface area contributed by atoms with Gasteiger partial charge in [-0.25, -0.2) is 4.98 Å². The number of nitrogens with zero attached hydrogens (tertiary/aromatic N) is 2. The summed E-state index contributed by atoms with van der Waals surface area (Å²) in [6.07, 6.45) is 1.64. The molecule has 0 aromatic carbocycles. The van der Waals surface area contributed by atoms with E-state index < -0.39 is 12.0 Å². The number of carboxylic acid groups (broad SMARTS) is 1. The fourth-order valence-corrected chi connectivity index (χ4v) is 1.54. The standard InChI is InChI=1S/C12H13N3O3/c1-8(12(17)18)13-7-9-6-11(16)15-5-3-2-4-10(15)14-9/h2-6,8,13H,7H2,1H3,(H,17,18)/t8-/m0/s1. The van der Waals surface area contributed by atoms with Gasteiger partial charge in [-0.05, 0) is 19.1 Å². The van der Waals surface area contributed by atoms with Crippen LogP contribution < -0.4 is 10.9 Å². The number of hydrogen-bond acceptors (Lipinski definition) is 4. The Hall–Kier alpha value is -2.21. The lowest BCUT2D eigenvalue weighted by atomic mass is 10.3. The number of aromatic nitrogens is 2. The van der Waals surface area contributed by atoms with Crippen molar-refractivity contribution in [2.75, 3.05) is 0 Å². The first-order valence-corrected chi connectivity index (χ1v) is 5.51. The van der Waals surface area contributed by atoms with Crippen LogP contribution in [0.2, 0.25) is 0 Å². The van der Waals surface area contributed by atoms with E-state index in [1.165, 1.54) is 17.4 Å². The monoisotopic (exact) mass is 247 g/mol. The second-order valence-corrected chi connectivity index (χ2v) is 3.96. The van der Waals surface area contributed by atoms with Crippen molar-refractivity contribution < 1.29 is 9.90 Å². The van der Waals surface area contributed by atoms with Crippen LogP contribution in [0.5, 0.6) is 0 Å². The zero-order chi connectivity index (χ0) is 13.1. The molecular formula is C12H13N3O3. The van der Waals surface area contributed by atoms with Gasteiger partial charge in [0.05, 0.1) is 5.69 Å². The zero-order valence-electron chi connectivity index (χ0n) is 9.83. The van der Waals surface area contributed by atoms with E-state index in [1.807, 2.05) is 0 Å². The molecule has 2 heterocycles. The third-order valence-corrected chi connectivity index (χ3v) is 2.58. The molecule has 6 nitrogen and oxygen atoms in total. The van der Waals surface area contributed by atoms with Gasteiger partial charge in [0.1, 0.15) is 11.7 Å². The maximum Gasteiger partial charge on any atom is 0.320 e. The first-order valence-electron chi connectivity index (χ1n) is 5.51. The molecule has 0 aliphatic rings. The number of carboxylic acids is 1. The summed E-state index contributed by atoms with van der Waals surface area (Å²) in [6, 6.07) is 5.99. The maximum absolute atomic E-state index is 11.8. The Morgan fingerprint density at radius 1 is 1.56 bits per heavy atom. The zero-order valence-corrected chi connectivity index (χ0v) is 9.83. The molecule has 2 N–H and O–H groups in total. The molecule has 0 aliphatic carbocycles. The number of hydrogen-bond donors (Lipinski definition) is 2. The van der Waals surface area contributed by atoms with Gasteiger partial charge in [-0.1, -0.05) is 6.07 Å². The van der Waals surface area contributed by atoms with E-state index in [0.29, 0.717) is 11.3 Å². The van der Waals surface area contributed by atoms with Crippen molar-refractivity contribution in [1.82, 2.24) is 14.7 Å². The highest BCUT2D eigenvalue weighted by atomic mass is 16.4. The fraction of sp³-hybridized carbons (Fsp3) is 0.250. The molecule has 0 aliphatic heterocycles. The van der Waals surface area contributed by atoms with Crippen LogP contribution >= 0.6 is 0 Å². The van der Waals surface area contributed by atoms with Gasteiger partial charge in [0.25, 0.3) is 5.56 Å². The molecule has 0 radical (unpaired) electrons. The van der Waals surface area contributed by atoms with E-state index in [1.54, 1.807) is 24.4 Å². The highest BCUT2D eigenvalue weighted by Gasteiger charge is 2.10. The number of pyridine rings is 1. The summed E-state index contributed by atoms with van der Waals surface area (Å²) in [5.41, 5.74) is 0.893. The SMILES string of the molecule is C[C@H](NCc1cc(=O)n2ccccc2n1)C(=O)O. The van der Waals surface area contributed by atoms with Crippen LogP contribution in [0.3, 0.4) is 0 Å². The average molecular weight is 247 g/mol. The lowest BCUT2D eigenvalue weighted by Gasteiger charge is -2.08. The summed E-state index contributed by atoms with van der Waals surface area (Å²) in [5.74, 6) is -0.937. The Labute approximate surface area is 103 Å². The summed E-state index contributed by atoms with van der Waals surface area (Å²) < 4.78 is 1.43. The largest absolute Gasteiger partial charge is 0.480 e. The third kappa shape index (κ3) is 2.54. The Morgan fingerprint density at radius 3 is 3.06 bits per heavy atom. The van der Waals surface area contributed by atoms with Gasteiger partial charge in [-0.15, -0.1) is 0 Å². The van der Waals surface area contributed by atoms with Gasteiger partial charge < -0.3 is 5.11 Å². The van der Waals surface area contributed by atoms with E-state index in [-0.39, 0.29) is 12.1 Å². The molecule has 0 fully saturated rings. The minimum atomic E-state index is -0.937. The Bertz CT molecular complexity index is 636. The lowest BCUT2D eigenvalue weighted by Crippen LogP contribution is -2.33. The lowest BCUT2D eigenvalue weighted by molar-refractivity contribution is -0.139. The first kappa shape index (κ1) is 12.3. The highest BCUT2D eigenvalue weighted by Crippen LogP contribution is 1.98. The van der Waals surface area contributed by atoms with Crippen LogP contribution in [-0.2, 0) is 11.3 Å². The molecule has 0 bridgehead atoms. The van der Waals surface area contributed by atoms with Gasteiger partial charge in [0, 0.05) is 18.8 Å². The number of carbonyl (C=O) groups is 1. The molecule has 94 valence electrons. The molecule has 2 aromatic rings. The summed E-state index contributed by atoms with van der Waals surface area (Å²) in [5, 5.41) is 11.5. The van der Waals surface area contributed by atoms with Gasteiger partial charge in [-0.3, -0.25) is 19.3 Å². The molecule has 0 unspecified atom stereocenters. The van der Waals surface area contributed by atoms with Crippen LogP contribution in [-0.4, -0.2) is 26.5 Å². The quantitative estimate of drug-likeness (QED) is 0.809. The van der Waals surface area contributed by atoms with Crippen molar-refractivity contribution in [3.8, 4) is 0 Å². The fourth-order valence-electron chi connectivity index (χ4n) is 1.54. The Kier molecular flexibility index (Phi) is 3.38. The van der Waals surface area contributed by atoms with Gasteiger partial charge in [0.15, 0.2) is 0 Å². The number of rotatable bonds is 4. The maximum atomic E-state index is 11.8. The van der Waals surface area contributed by atoms with Gasteiger partial charge in [-0.2, -0.15) is 0 Å². The van der Waals surface area contributed by atoms with Gasteiger partial charge in [0.2, 0.25) is 0 Å². The molecule has 0 saturated carbocycles. The van der Waals surface area contributed by atoms with E-state index >= 15 is 0 Å². The average Bonchev–Trinajstić information content (AvgIpc) is 2.36. The van der Waals surface area contributed by atoms with Crippen molar-refractivity contribution in [2.24, 2.45) is 0 Å². The second-order valence-electron chi connectivity index (χ2n) is 3.96. The summed E-state index contributed by atoms with van der Waals surface area (Å²) in [6.45, 7) is 1.78. The molecule has 1 atom stereocenters. The molecule has 0 saturated heterocycles. The van der Waals surface area contributed by atoms with Crippen molar-refractivity contribution in [1.29, 1.82) is 0 Å². The van der Waals surface area contributed by atoms with Crippen LogP contribution in [0.4, 0.5) is 0 Å². The van der Waals surface area contributed by atoms with E-state index in [9.17, 15) is 9.59 Å². The summed E-state index contributed by atoms with van der Waals surface area (Å²) in [7, 11) is 0.